The van der Waals surface area contributed by atoms with E-state index in [1.165, 1.54) is 34.9 Å². The molecule has 32 heteroatoms. The van der Waals surface area contributed by atoms with Crippen molar-refractivity contribution in [2.24, 2.45) is 14.1 Å². The number of sulfone groups is 1. The fourth-order valence-corrected chi connectivity index (χ4v) is 22.8. The maximum atomic E-state index is 13.8. The summed E-state index contributed by atoms with van der Waals surface area (Å²) in [5.41, 5.74) is 11.8. The van der Waals surface area contributed by atoms with Gasteiger partial charge in [-0.15, -0.1) is 0 Å². The number of carbonyl (C=O) groups excluding carboxylic acids is 5. The molecule has 1 N–H and O–H groups in total. The van der Waals surface area contributed by atoms with Gasteiger partial charge in [0.25, 0.3) is 29.5 Å². The highest BCUT2D eigenvalue weighted by atomic mass is 35.5. The lowest BCUT2D eigenvalue weighted by molar-refractivity contribution is -0.143. The van der Waals surface area contributed by atoms with Gasteiger partial charge in [-0.3, -0.25) is 33.3 Å². The summed E-state index contributed by atoms with van der Waals surface area (Å²) in [6, 6.07) is 62.8. The van der Waals surface area contributed by atoms with Gasteiger partial charge in [-0.25, -0.2) is 8.42 Å². The van der Waals surface area contributed by atoms with E-state index in [1.54, 1.807) is 71.6 Å². The molecule has 1 atom stereocenters. The van der Waals surface area contributed by atoms with E-state index < -0.39 is 49.4 Å². The highest BCUT2D eigenvalue weighted by Gasteiger charge is 2.52. The Balaban J connectivity index is 0.000000121. The molecule has 5 amide bonds. The number of rotatable bonds is 9. The summed E-state index contributed by atoms with van der Waals surface area (Å²) >= 11 is 25.0. The second-order valence-corrected chi connectivity index (χ2v) is 39.8. The van der Waals surface area contributed by atoms with Crippen molar-refractivity contribution in [2.75, 3.05) is 65.6 Å². The molecule has 9 aliphatic rings. The molecule has 5 aromatic heterocycles. The average molecular weight is 1930 g/mol. The van der Waals surface area contributed by atoms with E-state index in [1.807, 2.05) is 149 Å². The molecule has 9 aliphatic heterocycles. The number of fused-ring (bicyclic) bond motifs is 16. The van der Waals surface area contributed by atoms with Crippen molar-refractivity contribution in [3.63, 3.8) is 0 Å². The molecule has 0 radical (unpaired) electrons. The Morgan fingerprint density at radius 2 is 0.933 bits per heavy atom. The van der Waals surface area contributed by atoms with Crippen LogP contribution in [0.2, 0.25) is 20.1 Å². The van der Waals surface area contributed by atoms with E-state index in [0.717, 1.165) is 85.4 Å². The Bertz CT molecular complexity index is 6900. The molecule has 4 spiro atoms. The van der Waals surface area contributed by atoms with Crippen LogP contribution in [-0.4, -0.2) is 168 Å². The zero-order valence-electron chi connectivity index (χ0n) is 74.9. The molecule has 14 heterocycles. The van der Waals surface area contributed by atoms with E-state index in [2.05, 4.69) is 68.8 Å². The van der Waals surface area contributed by atoms with Crippen LogP contribution in [-0.2, 0) is 57.2 Å². The topological polar surface area (TPSA) is 241 Å². The number of likely N-dealkylation sites (tertiary alicyclic amines) is 4. The highest BCUT2D eigenvalue weighted by Crippen LogP contribution is 2.54. The van der Waals surface area contributed by atoms with Crippen LogP contribution in [0.25, 0.3) is 39.6 Å². The van der Waals surface area contributed by atoms with Crippen LogP contribution >= 0.6 is 46.4 Å². The highest BCUT2D eigenvalue weighted by molar-refractivity contribution is 7.92. The standard InChI is InChI=1S/C28H27ClN4O2.C27H25F3N2O5S.C26H28N4O3.C22H17Cl3N2O2.H2/c1-18-8-9-19(2)33(18)20-10-11-21(24(29)16-20)27(34)32-14-12-28(13-15-32)23-17-30-31(3)26(23)22-6-4-5-7-25(22)35-28;28-27(29,30)24-10-9-23-26(37-22-4-2-1-3-21(22)32(23)24)12-14-31(15-13-26)25(33)18-5-7-19(8-6-18)38(34,35)20-11-16-36-17-20;1-17(2)28-24(31)18-8-10-19(11-9-18)25(32)30-14-12-26(13-15-30)21-16-27-29(3)23(21)20-6-4-5-7-22(20)33-26;23-14-3-5-16(17(25)12-14)21(28)26-10-7-22(8-11-26)20-2-1-9-27(20)18-6-4-15(24)13-19(18)29-22;/h4-11,16-17H,12-15H2,1-3H3;1-10,20H,11-17H2;4-11,16-17H,12-15H2,1-3H3,(H,28,31);1-6,9,12-13H,7-8,10-11H2;1H. The third kappa shape index (κ3) is 17.1. The van der Waals surface area contributed by atoms with Crippen molar-refractivity contribution in [2.45, 2.75) is 130 Å². The van der Waals surface area contributed by atoms with Crippen molar-refractivity contribution in [1.29, 1.82) is 0 Å². The van der Waals surface area contributed by atoms with Gasteiger partial charge in [0, 0.05) is 210 Å². The fraction of sp³-hybridized carbons (Fsp3) is 0.311. The lowest BCUT2D eigenvalue weighted by atomic mass is 9.81. The first-order valence-electron chi connectivity index (χ1n) is 45.1. The predicted octanol–water partition coefficient (Wildman–Crippen LogP) is 20.2. The summed E-state index contributed by atoms with van der Waals surface area (Å²) in [6.07, 6.45) is 6.53. The molecular weight excluding hydrogens is 1830 g/mol. The van der Waals surface area contributed by atoms with E-state index in [9.17, 15) is 45.6 Å². The number of amides is 5. The zero-order chi connectivity index (χ0) is 94.4. The molecule has 1 unspecified atom stereocenters. The largest absolute Gasteiger partial charge is 0.482 e. The number of hydrogen-bond donors (Lipinski definition) is 1. The number of hydrogen-bond acceptors (Lipinski definition) is 14. The number of aryl methyl sites for hydroxylation is 4. The first kappa shape index (κ1) is 91.5. The average Bonchev–Trinajstić information content (AvgIpc) is 1.57. The van der Waals surface area contributed by atoms with Gasteiger partial charge < -0.3 is 62.3 Å². The number of benzene rings is 8. The van der Waals surface area contributed by atoms with Crippen molar-refractivity contribution < 1.29 is 70.7 Å². The van der Waals surface area contributed by atoms with Crippen LogP contribution in [0.1, 0.15) is 164 Å². The Labute approximate surface area is 800 Å². The lowest BCUT2D eigenvalue weighted by Crippen LogP contribution is -2.50. The first-order valence-corrected chi connectivity index (χ1v) is 48.1. The lowest BCUT2D eigenvalue weighted by Gasteiger charge is -2.45. The zero-order valence-corrected chi connectivity index (χ0v) is 78.7. The summed E-state index contributed by atoms with van der Waals surface area (Å²) in [5.74, 6) is 2.31. The Kier molecular flexibility index (Phi) is 24.6. The molecule has 13 aromatic rings. The first-order chi connectivity index (χ1) is 64.8. The van der Waals surface area contributed by atoms with Gasteiger partial charge in [0.1, 0.15) is 39.9 Å². The normalized spacial score (nSPS) is 17.5. The minimum atomic E-state index is -4.54. The van der Waals surface area contributed by atoms with Crippen LogP contribution in [0.15, 0.2) is 236 Å². The molecule has 0 saturated carbocycles. The third-order valence-electron chi connectivity index (χ3n) is 27.4. The summed E-state index contributed by atoms with van der Waals surface area (Å²) < 4.78 is 108. The van der Waals surface area contributed by atoms with Gasteiger partial charge in [-0.1, -0.05) is 82.8 Å². The van der Waals surface area contributed by atoms with Crippen LogP contribution in [0.4, 0.5) is 13.2 Å². The van der Waals surface area contributed by atoms with Crippen LogP contribution in [0, 0.1) is 13.8 Å². The fourth-order valence-electron chi connectivity index (χ4n) is 20.3. The summed E-state index contributed by atoms with van der Waals surface area (Å²) in [6.45, 7) is 12.6. The van der Waals surface area contributed by atoms with E-state index >= 15 is 0 Å². The van der Waals surface area contributed by atoms with Crippen LogP contribution in [0.5, 0.6) is 23.0 Å². The predicted molar refractivity (Wildman–Crippen MR) is 509 cm³/mol. The SMILES string of the molecule is CC(C)NC(=O)c1ccc(C(=O)N2CCC3(CC2)Oc2ccccc2-c2c3cnn2C)cc1.Cc1ccc(C)n1-c1ccc(C(=O)N2CCC3(CC2)Oc2ccccc2-c2c3cnn2C)c(Cl)c1.O=C(c1ccc(Cl)cc1Cl)N1CCC2(CC1)Oc1cc(Cl)ccc1-n1cccc12.O=C(c1ccc(S(=O)(=O)C2CCOC2)cc1)N1CCC2(CC1)Oc1ccccc1-n1c(C(F)(F)F)ccc12.[HH]. The van der Waals surface area contributed by atoms with Gasteiger partial charge in [-0.2, -0.15) is 23.4 Å². The molecule has 5 fully saturated rings. The molecule has 0 aliphatic carbocycles. The molecule has 135 heavy (non-hydrogen) atoms. The number of nitrogens with one attached hydrogen (secondary N) is 1. The van der Waals surface area contributed by atoms with Gasteiger partial charge in [0.05, 0.1) is 84.5 Å². The van der Waals surface area contributed by atoms with E-state index in [0.29, 0.717) is 169 Å². The smallest absolute Gasteiger partial charge is 0.431 e. The minimum absolute atomic E-state index is 0. The number of piperidine rings is 4. The molecular formula is C103H99Cl4F3N12O12S. The third-order valence-corrected chi connectivity index (χ3v) is 30.7. The number of halogens is 7. The van der Waals surface area contributed by atoms with Crippen LogP contribution < -0.4 is 24.3 Å². The number of para-hydroxylation sites is 4. The van der Waals surface area contributed by atoms with Gasteiger partial charge in [-0.05, 0) is 204 Å². The van der Waals surface area contributed by atoms with Gasteiger partial charge >= 0.3 is 6.18 Å². The molecule has 5 saturated heterocycles. The van der Waals surface area contributed by atoms with Crippen molar-refractivity contribution in [1.82, 2.24) is 58.2 Å². The Morgan fingerprint density at radius 1 is 0.474 bits per heavy atom. The van der Waals surface area contributed by atoms with E-state index in [4.69, 9.17) is 70.1 Å². The maximum Gasteiger partial charge on any atom is 0.431 e. The van der Waals surface area contributed by atoms with Crippen molar-refractivity contribution in [3.8, 4) is 62.6 Å². The number of ether oxygens (including phenoxy) is 5. The monoisotopic (exact) mass is 1920 g/mol. The number of carbonyl (C=O) groups is 5. The second kappa shape index (κ2) is 36.2. The molecule has 22 rings (SSSR count). The van der Waals surface area contributed by atoms with Crippen LogP contribution in [0.3, 0.4) is 0 Å². The van der Waals surface area contributed by atoms with Crippen molar-refractivity contribution >= 4 is 85.8 Å². The quantitative estimate of drug-likeness (QED) is 0.141. The maximum absolute atomic E-state index is 13.8. The molecule has 24 nitrogen and oxygen atoms in total. The second-order valence-electron chi connectivity index (χ2n) is 35.9. The minimum Gasteiger partial charge on any atom is -0.482 e. The number of aromatic nitrogens is 7. The Morgan fingerprint density at radius 3 is 1.45 bits per heavy atom. The molecule has 698 valence electrons. The summed E-state index contributed by atoms with van der Waals surface area (Å²) in [4.78, 5) is 72.3. The summed E-state index contributed by atoms with van der Waals surface area (Å²) in [5, 5.41) is 13.3. The van der Waals surface area contributed by atoms with Gasteiger partial charge in [0.15, 0.2) is 21.0 Å². The Hall–Kier alpha value is -12.6. The van der Waals surface area contributed by atoms with Gasteiger partial charge in [0.2, 0.25) is 0 Å². The number of alkyl halides is 3. The molecule has 8 aromatic carbocycles. The molecule has 0 bridgehead atoms. The number of nitrogens with zero attached hydrogens (tertiary/aromatic N) is 11. The van der Waals surface area contributed by atoms with Crippen molar-refractivity contribution in [3.05, 3.63) is 318 Å². The van der Waals surface area contributed by atoms with E-state index in [-0.39, 0.29) is 61.6 Å². The summed E-state index contributed by atoms with van der Waals surface area (Å²) in [7, 11) is 0.390.